The molecule has 5 nitrogen and oxygen atoms in total. The van der Waals surface area contributed by atoms with Gasteiger partial charge in [0.25, 0.3) is 0 Å². The van der Waals surface area contributed by atoms with Crippen LogP contribution in [-0.2, 0) is 13.0 Å². The van der Waals surface area contributed by atoms with Crippen molar-refractivity contribution in [3.8, 4) is 5.82 Å². The first-order chi connectivity index (χ1) is 7.45. The highest BCUT2D eigenvalue weighted by Gasteiger charge is 2.15. The van der Waals surface area contributed by atoms with Crippen molar-refractivity contribution in [3.63, 3.8) is 0 Å². The lowest BCUT2D eigenvalue weighted by molar-refractivity contribution is 0.616. The molecule has 0 spiro atoms. The number of fused-ring (bicyclic) bond motifs is 1. The zero-order valence-electron chi connectivity index (χ0n) is 8.22. The standard InChI is InChI=1S/C10H11N5/c1-3-14-15(5-1)10-8-6-11-4-2-9(8)12-7-13-10/h1,3,5,7,11H,2,4,6H2. The molecule has 0 radical (unpaired) electrons. The second-order valence-electron chi connectivity index (χ2n) is 3.50. The molecule has 0 saturated heterocycles. The van der Waals surface area contributed by atoms with Crippen molar-refractivity contribution in [3.05, 3.63) is 36.0 Å². The van der Waals surface area contributed by atoms with Crippen molar-refractivity contribution in [2.75, 3.05) is 6.54 Å². The van der Waals surface area contributed by atoms with Gasteiger partial charge in [0.05, 0.1) is 5.69 Å². The Morgan fingerprint density at radius 1 is 1.33 bits per heavy atom. The highest BCUT2D eigenvalue weighted by atomic mass is 15.3. The first kappa shape index (κ1) is 8.55. The van der Waals surface area contributed by atoms with E-state index in [1.807, 2.05) is 12.3 Å². The van der Waals surface area contributed by atoms with Crippen molar-refractivity contribution in [1.29, 1.82) is 0 Å². The lowest BCUT2D eigenvalue weighted by Gasteiger charge is -2.17. The van der Waals surface area contributed by atoms with E-state index in [4.69, 9.17) is 0 Å². The molecule has 3 heterocycles. The zero-order chi connectivity index (χ0) is 10.1. The fraction of sp³-hybridized carbons (Fsp3) is 0.300. The molecule has 0 unspecified atom stereocenters. The van der Waals surface area contributed by atoms with E-state index >= 15 is 0 Å². The Labute approximate surface area is 87.2 Å². The Bertz CT molecular complexity index is 463. The third-order valence-corrected chi connectivity index (χ3v) is 2.57. The highest BCUT2D eigenvalue weighted by Crippen LogP contribution is 2.16. The van der Waals surface area contributed by atoms with Crippen LogP contribution in [0.4, 0.5) is 0 Å². The summed E-state index contributed by atoms with van der Waals surface area (Å²) in [6.45, 7) is 1.81. The fourth-order valence-corrected chi connectivity index (χ4v) is 1.85. The summed E-state index contributed by atoms with van der Waals surface area (Å²) in [5.41, 5.74) is 2.29. The minimum absolute atomic E-state index is 0.825. The van der Waals surface area contributed by atoms with Crippen LogP contribution in [0.2, 0.25) is 0 Å². The van der Waals surface area contributed by atoms with E-state index in [-0.39, 0.29) is 0 Å². The maximum absolute atomic E-state index is 4.30. The number of nitrogens with zero attached hydrogens (tertiary/aromatic N) is 4. The Balaban J connectivity index is 2.15. The van der Waals surface area contributed by atoms with Crippen LogP contribution in [0.15, 0.2) is 24.8 Å². The van der Waals surface area contributed by atoms with Crippen LogP contribution in [0.25, 0.3) is 5.82 Å². The minimum atomic E-state index is 0.825. The summed E-state index contributed by atoms with van der Waals surface area (Å²) in [7, 11) is 0. The molecule has 2 aromatic heterocycles. The molecule has 15 heavy (non-hydrogen) atoms. The van der Waals surface area contributed by atoms with E-state index in [9.17, 15) is 0 Å². The van der Waals surface area contributed by atoms with Gasteiger partial charge in [0.2, 0.25) is 0 Å². The summed E-state index contributed by atoms with van der Waals surface area (Å²) >= 11 is 0. The number of nitrogens with one attached hydrogen (secondary N) is 1. The molecule has 0 atom stereocenters. The molecule has 0 amide bonds. The summed E-state index contributed by atoms with van der Waals surface area (Å²) in [6, 6.07) is 1.89. The Kier molecular flexibility index (Phi) is 1.96. The highest BCUT2D eigenvalue weighted by molar-refractivity contribution is 5.37. The maximum Gasteiger partial charge on any atom is 0.161 e. The second kappa shape index (κ2) is 3.43. The molecular formula is C10H11N5. The Hall–Kier alpha value is -1.75. The van der Waals surface area contributed by atoms with Crippen molar-refractivity contribution >= 4 is 0 Å². The van der Waals surface area contributed by atoms with Crippen molar-refractivity contribution in [1.82, 2.24) is 25.1 Å². The van der Waals surface area contributed by atoms with E-state index in [2.05, 4.69) is 20.4 Å². The largest absolute Gasteiger partial charge is 0.312 e. The van der Waals surface area contributed by atoms with Gasteiger partial charge in [-0.3, -0.25) is 0 Å². The molecule has 0 saturated carbocycles. The third kappa shape index (κ3) is 1.41. The topological polar surface area (TPSA) is 55.6 Å². The predicted molar refractivity (Wildman–Crippen MR) is 54.6 cm³/mol. The van der Waals surface area contributed by atoms with Crippen molar-refractivity contribution in [2.45, 2.75) is 13.0 Å². The summed E-state index contributed by atoms with van der Waals surface area (Å²) in [5.74, 6) is 0.886. The van der Waals surface area contributed by atoms with Gasteiger partial charge in [0.15, 0.2) is 5.82 Å². The van der Waals surface area contributed by atoms with Crippen LogP contribution in [-0.4, -0.2) is 26.3 Å². The Morgan fingerprint density at radius 3 is 3.20 bits per heavy atom. The molecule has 0 aromatic carbocycles. The van der Waals surface area contributed by atoms with E-state index in [0.29, 0.717) is 0 Å². The Morgan fingerprint density at radius 2 is 2.33 bits per heavy atom. The van der Waals surface area contributed by atoms with Crippen LogP contribution in [0.1, 0.15) is 11.3 Å². The number of hydrogen-bond acceptors (Lipinski definition) is 4. The number of hydrogen-bond donors (Lipinski definition) is 1. The summed E-state index contributed by atoms with van der Waals surface area (Å²) in [4.78, 5) is 8.58. The lowest BCUT2D eigenvalue weighted by Crippen LogP contribution is -2.26. The minimum Gasteiger partial charge on any atom is -0.312 e. The van der Waals surface area contributed by atoms with Crippen LogP contribution >= 0.6 is 0 Å². The van der Waals surface area contributed by atoms with Gasteiger partial charge in [-0.15, -0.1) is 0 Å². The van der Waals surface area contributed by atoms with Crippen molar-refractivity contribution < 1.29 is 0 Å². The van der Waals surface area contributed by atoms with Gasteiger partial charge in [-0.1, -0.05) is 0 Å². The fourth-order valence-electron chi connectivity index (χ4n) is 1.85. The molecule has 0 bridgehead atoms. The van der Waals surface area contributed by atoms with E-state index in [0.717, 1.165) is 36.6 Å². The SMILES string of the molecule is c1cnn(-c2ncnc3c2CNCC3)c1. The molecule has 1 N–H and O–H groups in total. The number of rotatable bonds is 1. The van der Waals surface area contributed by atoms with E-state index in [1.165, 1.54) is 0 Å². The summed E-state index contributed by atoms with van der Waals surface area (Å²) in [5, 5.41) is 7.52. The monoisotopic (exact) mass is 201 g/mol. The summed E-state index contributed by atoms with van der Waals surface area (Å²) < 4.78 is 1.79. The first-order valence-corrected chi connectivity index (χ1v) is 4.98. The van der Waals surface area contributed by atoms with Gasteiger partial charge in [0, 0.05) is 37.5 Å². The molecule has 0 fully saturated rings. The molecule has 2 aromatic rings. The van der Waals surface area contributed by atoms with Gasteiger partial charge in [0.1, 0.15) is 6.33 Å². The van der Waals surface area contributed by atoms with Crippen molar-refractivity contribution in [2.24, 2.45) is 0 Å². The van der Waals surface area contributed by atoms with Gasteiger partial charge in [-0.25, -0.2) is 14.6 Å². The third-order valence-electron chi connectivity index (χ3n) is 2.57. The lowest BCUT2D eigenvalue weighted by atomic mass is 10.1. The molecule has 5 heteroatoms. The van der Waals surface area contributed by atoms with Gasteiger partial charge in [-0.05, 0) is 6.07 Å². The van der Waals surface area contributed by atoms with Crippen LogP contribution in [0.3, 0.4) is 0 Å². The van der Waals surface area contributed by atoms with Gasteiger partial charge >= 0.3 is 0 Å². The second-order valence-corrected chi connectivity index (χ2v) is 3.50. The molecule has 1 aliphatic rings. The summed E-state index contributed by atoms with van der Waals surface area (Å²) in [6.07, 6.45) is 6.23. The molecule has 1 aliphatic heterocycles. The van der Waals surface area contributed by atoms with Crippen LogP contribution in [0, 0.1) is 0 Å². The van der Waals surface area contributed by atoms with Crippen LogP contribution in [0.5, 0.6) is 0 Å². The molecule has 3 rings (SSSR count). The van der Waals surface area contributed by atoms with Gasteiger partial charge in [-0.2, -0.15) is 5.10 Å². The smallest absolute Gasteiger partial charge is 0.161 e. The number of aromatic nitrogens is 4. The molecular weight excluding hydrogens is 190 g/mol. The maximum atomic E-state index is 4.30. The first-order valence-electron chi connectivity index (χ1n) is 4.98. The predicted octanol–water partition coefficient (Wildman–Crippen LogP) is 0.308. The quantitative estimate of drug-likeness (QED) is 0.721. The normalized spacial score (nSPS) is 14.9. The zero-order valence-corrected chi connectivity index (χ0v) is 8.22. The van der Waals surface area contributed by atoms with E-state index < -0.39 is 0 Å². The average Bonchev–Trinajstić information content (AvgIpc) is 2.82. The van der Waals surface area contributed by atoms with E-state index in [1.54, 1.807) is 17.2 Å². The molecule has 76 valence electrons. The van der Waals surface area contributed by atoms with Gasteiger partial charge < -0.3 is 5.32 Å². The van der Waals surface area contributed by atoms with Crippen LogP contribution < -0.4 is 5.32 Å². The average molecular weight is 201 g/mol. The molecule has 0 aliphatic carbocycles.